The maximum Gasteiger partial charge on any atom is 0.252 e. The molecule has 0 unspecified atom stereocenters. The minimum atomic E-state index is -0.215. The van der Waals surface area contributed by atoms with Gasteiger partial charge in [-0.15, -0.1) is 0 Å². The summed E-state index contributed by atoms with van der Waals surface area (Å²) in [7, 11) is 0. The lowest BCUT2D eigenvalue weighted by atomic mass is 10.1. The minimum Gasteiger partial charge on any atom is -0.355 e. The van der Waals surface area contributed by atoms with E-state index in [0.29, 0.717) is 18.0 Å². The second-order valence-electron chi connectivity index (χ2n) is 5.05. The molecule has 20 heavy (non-hydrogen) atoms. The van der Waals surface area contributed by atoms with Crippen LogP contribution in [0.1, 0.15) is 37.0 Å². The van der Waals surface area contributed by atoms with Crippen LogP contribution in [-0.4, -0.2) is 24.9 Å². The van der Waals surface area contributed by atoms with Crippen molar-refractivity contribution in [2.45, 2.75) is 26.7 Å². The van der Waals surface area contributed by atoms with Crippen LogP contribution in [0.5, 0.6) is 0 Å². The normalized spacial score (nSPS) is 10.4. The maximum absolute atomic E-state index is 11.9. The summed E-state index contributed by atoms with van der Waals surface area (Å²) in [6, 6.07) is 7.29. The fourth-order valence-corrected chi connectivity index (χ4v) is 2.33. The van der Waals surface area contributed by atoms with Gasteiger partial charge in [-0.05, 0) is 53.5 Å². The van der Waals surface area contributed by atoms with Gasteiger partial charge in [0, 0.05) is 10.1 Å². The average molecular weight is 388 g/mol. The lowest BCUT2D eigenvalue weighted by Gasteiger charge is -2.08. The SMILES string of the molecule is CC(C)CCCNC(=O)CNC(=O)c1ccccc1I. The highest BCUT2D eigenvalue weighted by Crippen LogP contribution is 2.10. The Kier molecular flexibility index (Phi) is 7.58. The van der Waals surface area contributed by atoms with Crippen molar-refractivity contribution in [3.63, 3.8) is 0 Å². The number of hydrogen-bond acceptors (Lipinski definition) is 2. The van der Waals surface area contributed by atoms with Gasteiger partial charge in [0.2, 0.25) is 5.91 Å². The number of nitrogens with one attached hydrogen (secondary N) is 2. The van der Waals surface area contributed by atoms with Gasteiger partial charge in [-0.3, -0.25) is 9.59 Å². The molecule has 0 aliphatic heterocycles. The largest absolute Gasteiger partial charge is 0.355 e. The lowest BCUT2D eigenvalue weighted by molar-refractivity contribution is -0.120. The first-order valence-electron chi connectivity index (χ1n) is 6.80. The standard InChI is InChI=1S/C15H21IN2O2/c1-11(2)6-5-9-17-14(19)10-18-15(20)12-7-3-4-8-13(12)16/h3-4,7-8,11H,5-6,9-10H2,1-2H3,(H,17,19)(H,18,20). The van der Waals surface area contributed by atoms with Gasteiger partial charge in [-0.25, -0.2) is 0 Å². The average Bonchev–Trinajstić information content (AvgIpc) is 2.41. The van der Waals surface area contributed by atoms with Crippen LogP contribution < -0.4 is 10.6 Å². The molecule has 0 radical (unpaired) electrons. The molecule has 0 spiro atoms. The van der Waals surface area contributed by atoms with Crippen LogP contribution in [-0.2, 0) is 4.79 Å². The molecular formula is C15H21IN2O2. The second-order valence-corrected chi connectivity index (χ2v) is 6.21. The van der Waals surface area contributed by atoms with Gasteiger partial charge < -0.3 is 10.6 Å². The van der Waals surface area contributed by atoms with Gasteiger partial charge in [0.1, 0.15) is 0 Å². The van der Waals surface area contributed by atoms with E-state index in [4.69, 9.17) is 0 Å². The number of rotatable bonds is 7. The zero-order valence-electron chi connectivity index (χ0n) is 11.9. The number of hydrogen-bond donors (Lipinski definition) is 2. The molecule has 110 valence electrons. The summed E-state index contributed by atoms with van der Waals surface area (Å²) in [5, 5.41) is 5.44. The summed E-state index contributed by atoms with van der Waals surface area (Å²) < 4.78 is 0.875. The zero-order valence-corrected chi connectivity index (χ0v) is 14.1. The predicted octanol–water partition coefficient (Wildman–Crippen LogP) is 2.57. The van der Waals surface area contributed by atoms with Crippen LogP contribution in [0.15, 0.2) is 24.3 Å². The van der Waals surface area contributed by atoms with Crippen molar-refractivity contribution in [2.24, 2.45) is 5.92 Å². The highest BCUT2D eigenvalue weighted by molar-refractivity contribution is 14.1. The van der Waals surface area contributed by atoms with Crippen LogP contribution in [0.2, 0.25) is 0 Å². The summed E-state index contributed by atoms with van der Waals surface area (Å²) >= 11 is 2.10. The van der Waals surface area contributed by atoms with E-state index < -0.39 is 0 Å². The monoisotopic (exact) mass is 388 g/mol. The molecule has 1 rings (SSSR count). The van der Waals surface area contributed by atoms with Crippen molar-refractivity contribution in [3.8, 4) is 0 Å². The van der Waals surface area contributed by atoms with Gasteiger partial charge in [0.15, 0.2) is 0 Å². The van der Waals surface area contributed by atoms with Gasteiger partial charge in [-0.2, -0.15) is 0 Å². The van der Waals surface area contributed by atoms with Crippen molar-refractivity contribution in [1.82, 2.24) is 10.6 Å². The van der Waals surface area contributed by atoms with E-state index in [0.717, 1.165) is 16.4 Å². The zero-order chi connectivity index (χ0) is 15.0. The van der Waals surface area contributed by atoms with Gasteiger partial charge in [-0.1, -0.05) is 26.0 Å². The van der Waals surface area contributed by atoms with E-state index in [9.17, 15) is 9.59 Å². The number of benzene rings is 1. The molecule has 2 N–H and O–H groups in total. The van der Waals surface area contributed by atoms with E-state index in [1.54, 1.807) is 6.07 Å². The Morgan fingerprint density at radius 3 is 2.55 bits per heavy atom. The second kappa shape index (κ2) is 8.94. The summed E-state index contributed by atoms with van der Waals surface area (Å²) in [5.41, 5.74) is 0.598. The predicted molar refractivity (Wildman–Crippen MR) is 88.6 cm³/mol. The Balaban J connectivity index is 2.27. The smallest absolute Gasteiger partial charge is 0.252 e. The van der Waals surface area contributed by atoms with Crippen LogP contribution in [0.25, 0.3) is 0 Å². The molecule has 0 heterocycles. The van der Waals surface area contributed by atoms with Gasteiger partial charge in [0.25, 0.3) is 5.91 Å². The molecule has 0 atom stereocenters. The Hall–Kier alpha value is -1.11. The van der Waals surface area contributed by atoms with Gasteiger partial charge >= 0.3 is 0 Å². The van der Waals surface area contributed by atoms with E-state index in [2.05, 4.69) is 47.1 Å². The summed E-state index contributed by atoms with van der Waals surface area (Å²) in [4.78, 5) is 23.5. The van der Waals surface area contributed by atoms with E-state index in [1.807, 2.05) is 18.2 Å². The fraction of sp³-hybridized carbons (Fsp3) is 0.467. The fourth-order valence-electron chi connectivity index (χ4n) is 1.70. The third kappa shape index (κ3) is 6.36. The van der Waals surface area contributed by atoms with E-state index in [-0.39, 0.29) is 18.4 Å². The molecular weight excluding hydrogens is 367 g/mol. The minimum absolute atomic E-state index is 0.0193. The van der Waals surface area contributed by atoms with Crippen molar-refractivity contribution < 1.29 is 9.59 Å². The van der Waals surface area contributed by atoms with Crippen LogP contribution in [0.4, 0.5) is 0 Å². The molecule has 1 aromatic rings. The topological polar surface area (TPSA) is 58.2 Å². The maximum atomic E-state index is 11.9. The molecule has 4 nitrogen and oxygen atoms in total. The highest BCUT2D eigenvalue weighted by Gasteiger charge is 2.10. The Morgan fingerprint density at radius 2 is 1.90 bits per heavy atom. The molecule has 5 heteroatoms. The van der Waals surface area contributed by atoms with Crippen LogP contribution in [0.3, 0.4) is 0 Å². The molecule has 2 amide bonds. The molecule has 0 fully saturated rings. The van der Waals surface area contributed by atoms with Crippen molar-refractivity contribution in [3.05, 3.63) is 33.4 Å². The molecule has 0 bridgehead atoms. The van der Waals surface area contributed by atoms with E-state index in [1.165, 1.54) is 0 Å². The molecule has 0 saturated heterocycles. The molecule has 0 aliphatic rings. The summed E-state index contributed by atoms with van der Waals surface area (Å²) in [5.74, 6) is 0.284. The highest BCUT2D eigenvalue weighted by atomic mass is 127. The Bertz CT molecular complexity index is 461. The van der Waals surface area contributed by atoms with Crippen LogP contribution >= 0.6 is 22.6 Å². The van der Waals surface area contributed by atoms with Gasteiger partial charge in [0.05, 0.1) is 12.1 Å². The first-order valence-corrected chi connectivity index (χ1v) is 7.88. The van der Waals surface area contributed by atoms with E-state index >= 15 is 0 Å². The summed E-state index contributed by atoms with van der Waals surface area (Å²) in [6.45, 7) is 4.99. The van der Waals surface area contributed by atoms with Crippen molar-refractivity contribution in [2.75, 3.05) is 13.1 Å². The van der Waals surface area contributed by atoms with Crippen molar-refractivity contribution in [1.29, 1.82) is 0 Å². The molecule has 0 aliphatic carbocycles. The lowest BCUT2D eigenvalue weighted by Crippen LogP contribution is -2.37. The number of carbonyl (C=O) groups excluding carboxylic acids is 2. The third-order valence-electron chi connectivity index (χ3n) is 2.81. The molecule has 1 aromatic carbocycles. The van der Waals surface area contributed by atoms with Crippen LogP contribution in [0, 0.1) is 9.49 Å². The number of amides is 2. The first-order chi connectivity index (χ1) is 9.50. The number of carbonyl (C=O) groups is 2. The summed E-state index contributed by atoms with van der Waals surface area (Å²) in [6.07, 6.45) is 2.06. The number of halogens is 1. The molecule has 0 aromatic heterocycles. The first kappa shape index (κ1) is 16.9. The molecule has 0 saturated carbocycles. The quantitative estimate of drug-likeness (QED) is 0.557. The third-order valence-corrected chi connectivity index (χ3v) is 3.75. The Morgan fingerprint density at radius 1 is 1.20 bits per heavy atom. The Labute approximate surface area is 133 Å². The van der Waals surface area contributed by atoms with Crippen molar-refractivity contribution >= 4 is 34.4 Å².